The van der Waals surface area contributed by atoms with E-state index in [2.05, 4.69) is 5.32 Å². The number of sulfonamides is 1. The van der Waals surface area contributed by atoms with Crippen LogP contribution in [0.15, 0.2) is 36.4 Å². The highest BCUT2D eigenvalue weighted by Gasteiger charge is 2.29. The molecule has 2 amide bonds. The number of rotatable bonds is 13. The van der Waals surface area contributed by atoms with E-state index in [0.29, 0.717) is 35.1 Å². The van der Waals surface area contributed by atoms with Crippen LogP contribution in [0.25, 0.3) is 0 Å². The van der Waals surface area contributed by atoms with Gasteiger partial charge in [-0.1, -0.05) is 49.2 Å². The quantitative estimate of drug-likeness (QED) is 0.345. The molecule has 0 aliphatic rings. The molecule has 0 heterocycles. The van der Waals surface area contributed by atoms with Crippen LogP contribution in [-0.2, 0) is 26.2 Å². The third-order valence-corrected chi connectivity index (χ3v) is 8.14. The number of aryl methyl sites for hydroxylation is 2. The average Bonchev–Trinajstić information content (AvgIpc) is 2.83. The van der Waals surface area contributed by atoms with Crippen LogP contribution in [0.4, 0.5) is 5.69 Å². The maximum Gasteiger partial charge on any atom is 0.242 e. The number of carbonyl (C=O) groups is 2. The van der Waals surface area contributed by atoms with Crippen molar-refractivity contribution in [2.75, 3.05) is 23.7 Å². The lowest BCUT2D eigenvalue weighted by Crippen LogP contribution is -2.49. The third kappa shape index (κ3) is 8.90. The van der Waals surface area contributed by atoms with Gasteiger partial charge in [-0.2, -0.15) is 0 Å². The van der Waals surface area contributed by atoms with E-state index in [1.165, 1.54) is 4.31 Å². The van der Waals surface area contributed by atoms with Gasteiger partial charge in [0.1, 0.15) is 6.04 Å². The van der Waals surface area contributed by atoms with Crippen molar-refractivity contribution in [1.82, 2.24) is 10.2 Å². The Kier molecular flexibility index (Phi) is 11.7. The molecule has 37 heavy (non-hydrogen) atoms. The lowest BCUT2D eigenvalue weighted by molar-refractivity contribution is -0.141. The predicted octanol–water partition coefficient (Wildman–Crippen LogP) is 5.49. The van der Waals surface area contributed by atoms with Crippen LogP contribution in [0.2, 0.25) is 10.0 Å². The van der Waals surface area contributed by atoms with Gasteiger partial charge in [-0.3, -0.25) is 13.9 Å². The molecule has 0 aromatic heterocycles. The first-order chi connectivity index (χ1) is 17.4. The summed E-state index contributed by atoms with van der Waals surface area (Å²) >= 11 is 12.2. The average molecular weight is 571 g/mol. The van der Waals surface area contributed by atoms with Gasteiger partial charge in [-0.15, -0.1) is 0 Å². The van der Waals surface area contributed by atoms with Gasteiger partial charge in [0.2, 0.25) is 21.8 Å². The number of amides is 2. The number of halogens is 2. The Balaban J connectivity index is 2.24. The Morgan fingerprint density at radius 2 is 1.70 bits per heavy atom. The molecule has 0 fully saturated rings. The zero-order valence-corrected chi connectivity index (χ0v) is 24.5. The molecule has 1 N–H and O–H groups in total. The number of hydrogen-bond donors (Lipinski definition) is 1. The third-order valence-electron chi connectivity index (χ3n) is 6.20. The largest absolute Gasteiger partial charge is 0.354 e. The van der Waals surface area contributed by atoms with Crippen molar-refractivity contribution in [3.63, 3.8) is 0 Å². The molecule has 0 spiro atoms. The molecule has 2 rings (SSSR count). The van der Waals surface area contributed by atoms with Gasteiger partial charge in [0.25, 0.3) is 0 Å². The summed E-state index contributed by atoms with van der Waals surface area (Å²) in [4.78, 5) is 27.9. The summed E-state index contributed by atoms with van der Waals surface area (Å²) in [6.45, 7) is 8.56. The van der Waals surface area contributed by atoms with Gasteiger partial charge in [0.05, 0.1) is 22.0 Å². The van der Waals surface area contributed by atoms with Gasteiger partial charge >= 0.3 is 0 Å². The number of hydrogen-bond acceptors (Lipinski definition) is 4. The minimum atomic E-state index is -3.55. The van der Waals surface area contributed by atoms with Gasteiger partial charge in [0, 0.05) is 26.1 Å². The fraction of sp³-hybridized carbons (Fsp3) is 0.481. The molecule has 0 aliphatic heterocycles. The summed E-state index contributed by atoms with van der Waals surface area (Å²) in [5.74, 6) is -0.455. The highest BCUT2D eigenvalue weighted by molar-refractivity contribution is 7.92. The molecule has 1 unspecified atom stereocenters. The topological polar surface area (TPSA) is 86.8 Å². The van der Waals surface area contributed by atoms with Crippen molar-refractivity contribution in [3.05, 3.63) is 63.1 Å². The van der Waals surface area contributed by atoms with Crippen LogP contribution >= 0.6 is 23.2 Å². The standard InChI is InChI=1S/C27H37Cl2N3O4S/c1-6-14-30-27(34)25(7-2)31(18-21-11-13-23(28)24(29)17-21)26(33)9-8-15-32(37(5,35)36)22-12-10-19(3)20(4)16-22/h10-13,16-17,25H,6-9,14-15,18H2,1-5H3,(H,30,34). The second-order valence-electron chi connectivity index (χ2n) is 9.19. The number of carbonyl (C=O) groups excluding carboxylic acids is 2. The van der Waals surface area contributed by atoms with Crippen LogP contribution < -0.4 is 9.62 Å². The summed E-state index contributed by atoms with van der Waals surface area (Å²) in [6.07, 6.45) is 2.74. The Morgan fingerprint density at radius 3 is 2.27 bits per heavy atom. The normalized spacial score (nSPS) is 12.2. The van der Waals surface area contributed by atoms with E-state index in [1.54, 1.807) is 29.2 Å². The first-order valence-corrected chi connectivity index (χ1v) is 15.1. The fourth-order valence-corrected chi connectivity index (χ4v) is 5.28. The molecule has 2 aromatic carbocycles. The van der Waals surface area contributed by atoms with Crippen LogP contribution in [0.1, 0.15) is 56.2 Å². The van der Waals surface area contributed by atoms with Crippen LogP contribution in [-0.4, -0.2) is 50.5 Å². The number of nitrogens with zero attached hydrogens (tertiary/aromatic N) is 2. The molecular weight excluding hydrogens is 533 g/mol. The first-order valence-electron chi connectivity index (χ1n) is 12.4. The maximum absolute atomic E-state index is 13.5. The molecule has 10 heteroatoms. The van der Waals surface area contributed by atoms with E-state index in [1.807, 2.05) is 39.8 Å². The smallest absolute Gasteiger partial charge is 0.242 e. The Bertz CT molecular complexity index is 1200. The monoisotopic (exact) mass is 569 g/mol. The van der Waals surface area contributed by atoms with Crippen molar-refractivity contribution in [2.45, 2.75) is 66.0 Å². The molecule has 0 bridgehead atoms. The van der Waals surface area contributed by atoms with Crippen LogP contribution in [0.5, 0.6) is 0 Å². The Labute approximate surface area is 231 Å². The van der Waals surface area contributed by atoms with E-state index in [4.69, 9.17) is 23.2 Å². The van der Waals surface area contributed by atoms with Crippen molar-refractivity contribution in [3.8, 4) is 0 Å². The summed E-state index contributed by atoms with van der Waals surface area (Å²) < 4.78 is 26.4. The summed E-state index contributed by atoms with van der Waals surface area (Å²) in [5, 5.41) is 3.66. The van der Waals surface area contributed by atoms with Crippen molar-refractivity contribution >= 4 is 50.7 Å². The predicted molar refractivity (Wildman–Crippen MR) is 152 cm³/mol. The Morgan fingerprint density at radius 1 is 1.00 bits per heavy atom. The van der Waals surface area contributed by atoms with E-state index < -0.39 is 16.1 Å². The molecule has 0 radical (unpaired) electrons. The van der Waals surface area contributed by atoms with Gasteiger partial charge < -0.3 is 10.2 Å². The summed E-state index contributed by atoms with van der Waals surface area (Å²) in [7, 11) is -3.55. The van der Waals surface area contributed by atoms with E-state index in [9.17, 15) is 18.0 Å². The van der Waals surface area contributed by atoms with Gasteiger partial charge in [-0.25, -0.2) is 8.42 Å². The summed E-state index contributed by atoms with van der Waals surface area (Å²) in [5.41, 5.74) is 3.37. The lowest BCUT2D eigenvalue weighted by Gasteiger charge is -2.31. The molecule has 0 saturated carbocycles. The zero-order chi connectivity index (χ0) is 27.8. The molecule has 2 aromatic rings. The van der Waals surface area contributed by atoms with E-state index in [0.717, 1.165) is 29.4 Å². The molecule has 1 atom stereocenters. The van der Waals surface area contributed by atoms with E-state index in [-0.39, 0.29) is 31.3 Å². The van der Waals surface area contributed by atoms with Crippen molar-refractivity contribution in [2.24, 2.45) is 0 Å². The molecule has 204 valence electrons. The van der Waals surface area contributed by atoms with Crippen molar-refractivity contribution in [1.29, 1.82) is 0 Å². The minimum absolute atomic E-state index is 0.0791. The summed E-state index contributed by atoms with van der Waals surface area (Å²) in [6, 6.07) is 9.94. The van der Waals surface area contributed by atoms with Crippen LogP contribution in [0.3, 0.4) is 0 Å². The number of benzene rings is 2. The van der Waals surface area contributed by atoms with Crippen molar-refractivity contribution < 1.29 is 18.0 Å². The minimum Gasteiger partial charge on any atom is -0.354 e. The second kappa shape index (κ2) is 14.0. The highest BCUT2D eigenvalue weighted by Crippen LogP contribution is 2.25. The SMILES string of the molecule is CCCNC(=O)C(CC)N(Cc1ccc(Cl)c(Cl)c1)C(=O)CCCN(c1ccc(C)c(C)c1)S(C)(=O)=O. The van der Waals surface area contributed by atoms with E-state index >= 15 is 0 Å². The molecule has 0 aliphatic carbocycles. The number of anilines is 1. The second-order valence-corrected chi connectivity index (χ2v) is 11.9. The number of nitrogens with one attached hydrogen (secondary N) is 1. The highest BCUT2D eigenvalue weighted by atomic mass is 35.5. The molecule has 7 nitrogen and oxygen atoms in total. The Hall–Kier alpha value is -2.29. The first kappa shape index (κ1) is 30.9. The zero-order valence-electron chi connectivity index (χ0n) is 22.2. The van der Waals surface area contributed by atoms with Gasteiger partial charge in [0.15, 0.2) is 0 Å². The molecular formula is C27H37Cl2N3O4S. The maximum atomic E-state index is 13.5. The lowest BCUT2D eigenvalue weighted by atomic mass is 10.1. The fourth-order valence-electron chi connectivity index (χ4n) is 4.00. The molecule has 0 saturated heterocycles. The van der Waals surface area contributed by atoms with Crippen LogP contribution in [0, 0.1) is 13.8 Å². The van der Waals surface area contributed by atoms with Gasteiger partial charge in [-0.05, 0) is 74.1 Å².